The Morgan fingerprint density at radius 1 is 1.12 bits per heavy atom. The number of nitrogens with zero attached hydrogens (tertiary/aromatic N) is 3. The van der Waals surface area contributed by atoms with Crippen molar-refractivity contribution in [3.05, 3.63) is 29.8 Å². The Morgan fingerprint density at radius 3 is 2.46 bits per heavy atom. The Morgan fingerprint density at radius 2 is 1.83 bits per heavy atom. The molecule has 1 unspecified atom stereocenters. The summed E-state index contributed by atoms with van der Waals surface area (Å²) in [6.07, 6.45) is 1.50. The Bertz CT molecular complexity index is 603. The fraction of sp³-hybridized carbons (Fsp3) is 0.556. The Balaban J connectivity index is 1.59. The van der Waals surface area contributed by atoms with Crippen molar-refractivity contribution in [2.45, 2.75) is 18.9 Å². The number of piperazine rings is 1. The summed E-state index contributed by atoms with van der Waals surface area (Å²) in [6, 6.07) is 7.64. The van der Waals surface area contributed by atoms with Gasteiger partial charge in [0.1, 0.15) is 6.10 Å². The van der Waals surface area contributed by atoms with Crippen LogP contribution in [0.4, 0.5) is 5.69 Å². The first-order chi connectivity index (χ1) is 11.6. The zero-order chi connectivity index (χ0) is 17.1. The lowest BCUT2D eigenvalue weighted by atomic mass is 10.1. The van der Waals surface area contributed by atoms with Crippen molar-refractivity contribution in [2.24, 2.45) is 0 Å². The molecule has 0 bridgehead atoms. The molecule has 24 heavy (non-hydrogen) atoms. The Labute approximate surface area is 143 Å². The van der Waals surface area contributed by atoms with E-state index in [1.807, 2.05) is 53.1 Å². The van der Waals surface area contributed by atoms with Crippen molar-refractivity contribution < 1.29 is 14.3 Å². The summed E-state index contributed by atoms with van der Waals surface area (Å²) in [4.78, 5) is 30.7. The number of anilines is 1. The third kappa shape index (κ3) is 3.53. The van der Waals surface area contributed by atoms with Gasteiger partial charge in [-0.15, -0.1) is 0 Å². The lowest BCUT2D eigenvalue weighted by Crippen LogP contribution is -2.52. The second kappa shape index (κ2) is 7.21. The van der Waals surface area contributed by atoms with E-state index < -0.39 is 0 Å². The standard InChI is InChI=1S/C18H25N3O3/c1-19(2)15-6-3-5-14(13-15)17(22)20-8-10-21(11-9-20)18(23)16-7-4-12-24-16/h3,5-6,13,16H,4,7-12H2,1-2H3. The highest BCUT2D eigenvalue weighted by molar-refractivity contribution is 5.95. The van der Waals surface area contributed by atoms with E-state index >= 15 is 0 Å². The maximum atomic E-state index is 12.7. The predicted molar refractivity (Wildman–Crippen MR) is 92.2 cm³/mol. The van der Waals surface area contributed by atoms with Gasteiger partial charge in [-0.3, -0.25) is 9.59 Å². The minimum Gasteiger partial charge on any atom is -0.378 e. The summed E-state index contributed by atoms with van der Waals surface area (Å²) < 4.78 is 5.47. The van der Waals surface area contributed by atoms with Crippen LogP contribution in [-0.4, -0.2) is 74.6 Å². The van der Waals surface area contributed by atoms with E-state index in [0.717, 1.165) is 18.5 Å². The van der Waals surface area contributed by atoms with Crippen LogP contribution in [0.25, 0.3) is 0 Å². The van der Waals surface area contributed by atoms with Crippen LogP contribution in [0.2, 0.25) is 0 Å². The Hall–Kier alpha value is -2.08. The average molecular weight is 331 g/mol. The second-order valence-corrected chi connectivity index (χ2v) is 6.56. The number of hydrogen-bond donors (Lipinski definition) is 0. The number of amides is 2. The van der Waals surface area contributed by atoms with Crippen molar-refractivity contribution in [2.75, 3.05) is 51.8 Å². The lowest BCUT2D eigenvalue weighted by molar-refractivity contribution is -0.142. The molecule has 2 aliphatic rings. The highest BCUT2D eigenvalue weighted by Crippen LogP contribution is 2.18. The molecule has 6 heteroatoms. The average Bonchev–Trinajstić information content (AvgIpc) is 3.15. The largest absolute Gasteiger partial charge is 0.378 e. The minimum absolute atomic E-state index is 0.0305. The summed E-state index contributed by atoms with van der Waals surface area (Å²) in [7, 11) is 3.91. The third-order valence-electron chi connectivity index (χ3n) is 4.69. The summed E-state index contributed by atoms with van der Waals surface area (Å²) in [5.74, 6) is 0.108. The molecule has 0 aromatic heterocycles. The van der Waals surface area contributed by atoms with Gasteiger partial charge in [0, 0.05) is 58.1 Å². The number of rotatable bonds is 3. The number of carbonyl (C=O) groups excluding carboxylic acids is 2. The lowest BCUT2D eigenvalue weighted by Gasteiger charge is -2.35. The minimum atomic E-state index is -0.274. The van der Waals surface area contributed by atoms with E-state index in [9.17, 15) is 9.59 Å². The van der Waals surface area contributed by atoms with Crippen LogP contribution < -0.4 is 4.90 Å². The van der Waals surface area contributed by atoms with Crippen LogP contribution in [-0.2, 0) is 9.53 Å². The molecule has 2 fully saturated rings. The molecule has 0 N–H and O–H groups in total. The van der Waals surface area contributed by atoms with E-state index in [4.69, 9.17) is 4.74 Å². The van der Waals surface area contributed by atoms with E-state index in [1.165, 1.54) is 0 Å². The van der Waals surface area contributed by atoms with Gasteiger partial charge in [0.15, 0.2) is 0 Å². The van der Waals surface area contributed by atoms with E-state index in [-0.39, 0.29) is 17.9 Å². The van der Waals surface area contributed by atoms with Gasteiger partial charge < -0.3 is 19.4 Å². The van der Waals surface area contributed by atoms with Crippen molar-refractivity contribution in [3.63, 3.8) is 0 Å². The summed E-state index contributed by atoms with van der Waals surface area (Å²) >= 11 is 0. The molecule has 1 aromatic rings. The first-order valence-corrected chi connectivity index (χ1v) is 8.53. The van der Waals surface area contributed by atoms with E-state index in [0.29, 0.717) is 38.3 Å². The molecule has 2 saturated heterocycles. The van der Waals surface area contributed by atoms with Gasteiger partial charge >= 0.3 is 0 Å². The smallest absolute Gasteiger partial charge is 0.254 e. The summed E-state index contributed by atoms with van der Waals surface area (Å²) in [6.45, 7) is 2.99. The molecule has 130 valence electrons. The van der Waals surface area contributed by atoms with Crippen LogP contribution >= 0.6 is 0 Å². The van der Waals surface area contributed by atoms with Crippen LogP contribution in [0.5, 0.6) is 0 Å². The van der Waals surface area contributed by atoms with Gasteiger partial charge in [0.25, 0.3) is 11.8 Å². The summed E-state index contributed by atoms with van der Waals surface area (Å²) in [5, 5.41) is 0. The van der Waals surface area contributed by atoms with Crippen molar-refractivity contribution in [3.8, 4) is 0 Å². The summed E-state index contributed by atoms with van der Waals surface area (Å²) in [5.41, 5.74) is 1.70. The van der Waals surface area contributed by atoms with Gasteiger partial charge in [-0.25, -0.2) is 0 Å². The molecule has 3 rings (SSSR count). The van der Waals surface area contributed by atoms with Gasteiger partial charge in [-0.2, -0.15) is 0 Å². The molecule has 0 radical (unpaired) electrons. The molecule has 2 aliphatic heterocycles. The molecule has 2 amide bonds. The van der Waals surface area contributed by atoms with Crippen LogP contribution in [0.1, 0.15) is 23.2 Å². The molecule has 1 atom stereocenters. The molecule has 0 spiro atoms. The van der Waals surface area contributed by atoms with Crippen molar-refractivity contribution >= 4 is 17.5 Å². The highest BCUT2D eigenvalue weighted by Gasteiger charge is 2.31. The normalized spacial score (nSPS) is 21.0. The molecular weight excluding hydrogens is 306 g/mol. The quantitative estimate of drug-likeness (QED) is 0.836. The first kappa shape index (κ1) is 16.8. The fourth-order valence-corrected chi connectivity index (χ4v) is 3.21. The number of benzene rings is 1. The highest BCUT2D eigenvalue weighted by atomic mass is 16.5. The second-order valence-electron chi connectivity index (χ2n) is 6.56. The van der Waals surface area contributed by atoms with Gasteiger partial charge in [-0.1, -0.05) is 6.07 Å². The maximum Gasteiger partial charge on any atom is 0.254 e. The molecule has 6 nitrogen and oxygen atoms in total. The third-order valence-corrected chi connectivity index (χ3v) is 4.69. The van der Waals surface area contributed by atoms with Gasteiger partial charge in [0.05, 0.1) is 0 Å². The van der Waals surface area contributed by atoms with Gasteiger partial charge in [0.2, 0.25) is 0 Å². The monoisotopic (exact) mass is 331 g/mol. The Kier molecular flexibility index (Phi) is 5.04. The van der Waals surface area contributed by atoms with Crippen LogP contribution in [0, 0.1) is 0 Å². The number of hydrogen-bond acceptors (Lipinski definition) is 4. The zero-order valence-electron chi connectivity index (χ0n) is 14.4. The predicted octanol–water partition coefficient (Wildman–Crippen LogP) is 1.22. The molecule has 0 saturated carbocycles. The van der Waals surface area contributed by atoms with Crippen LogP contribution in [0.15, 0.2) is 24.3 Å². The maximum absolute atomic E-state index is 12.7. The molecular formula is C18H25N3O3. The van der Waals surface area contributed by atoms with Crippen molar-refractivity contribution in [1.29, 1.82) is 0 Å². The molecule has 2 heterocycles. The molecule has 0 aliphatic carbocycles. The number of carbonyl (C=O) groups is 2. The fourth-order valence-electron chi connectivity index (χ4n) is 3.21. The molecule has 1 aromatic carbocycles. The van der Waals surface area contributed by atoms with E-state index in [2.05, 4.69) is 0 Å². The first-order valence-electron chi connectivity index (χ1n) is 8.53. The SMILES string of the molecule is CN(C)c1cccc(C(=O)N2CCN(C(=O)C3CCCO3)CC2)c1. The topological polar surface area (TPSA) is 53.1 Å². The van der Waals surface area contributed by atoms with E-state index in [1.54, 1.807) is 0 Å². The van der Waals surface area contributed by atoms with Crippen molar-refractivity contribution in [1.82, 2.24) is 9.80 Å². The zero-order valence-corrected chi connectivity index (χ0v) is 14.4. The van der Waals surface area contributed by atoms with Gasteiger partial charge in [-0.05, 0) is 31.0 Å². The number of ether oxygens (including phenoxy) is 1. The van der Waals surface area contributed by atoms with Crippen LogP contribution in [0.3, 0.4) is 0 Å².